The van der Waals surface area contributed by atoms with E-state index in [0.717, 1.165) is 24.2 Å². The van der Waals surface area contributed by atoms with Gasteiger partial charge in [0.05, 0.1) is 22.3 Å². The third-order valence-electron chi connectivity index (χ3n) is 3.39. The number of hydrogen-bond acceptors (Lipinski definition) is 4. The SMILES string of the molecule is Cc1c(Cl)nc(C2CC2)nc1Nc1cc(C#N)ccc1Cl. The Labute approximate surface area is 132 Å². The predicted molar refractivity (Wildman–Crippen MR) is 83.2 cm³/mol. The molecule has 0 atom stereocenters. The fourth-order valence-electron chi connectivity index (χ4n) is 1.97. The first-order valence-electron chi connectivity index (χ1n) is 6.59. The molecule has 4 nitrogen and oxygen atoms in total. The average molecular weight is 319 g/mol. The lowest BCUT2D eigenvalue weighted by atomic mass is 10.2. The lowest BCUT2D eigenvalue weighted by Crippen LogP contribution is -2.03. The minimum Gasteiger partial charge on any atom is -0.339 e. The Morgan fingerprint density at radius 2 is 2.05 bits per heavy atom. The second kappa shape index (κ2) is 5.51. The van der Waals surface area contributed by atoms with E-state index in [1.165, 1.54) is 0 Å². The minimum atomic E-state index is 0.407. The maximum Gasteiger partial charge on any atom is 0.138 e. The molecule has 0 aliphatic heterocycles. The zero-order chi connectivity index (χ0) is 15.0. The molecule has 106 valence electrons. The summed E-state index contributed by atoms with van der Waals surface area (Å²) >= 11 is 12.3. The van der Waals surface area contributed by atoms with Crippen LogP contribution in [0.15, 0.2) is 18.2 Å². The number of nitrogens with zero attached hydrogens (tertiary/aromatic N) is 3. The molecule has 0 amide bonds. The van der Waals surface area contributed by atoms with Crippen LogP contribution in [-0.2, 0) is 0 Å². The quantitative estimate of drug-likeness (QED) is 0.841. The lowest BCUT2D eigenvalue weighted by Gasteiger charge is -2.12. The molecule has 0 radical (unpaired) electrons. The van der Waals surface area contributed by atoms with Crippen LogP contribution in [0, 0.1) is 18.3 Å². The number of halogens is 2. The van der Waals surface area contributed by atoms with E-state index in [1.54, 1.807) is 18.2 Å². The number of hydrogen-bond donors (Lipinski definition) is 1. The molecule has 1 fully saturated rings. The molecular weight excluding hydrogens is 307 g/mol. The van der Waals surface area contributed by atoms with E-state index >= 15 is 0 Å². The van der Waals surface area contributed by atoms with Crippen LogP contribution >= 0.6 is 23.2 Å². The van der Waals surface area contributed by atoms with Crippen molar-refractivity contribution in [2.75, 3.05) is 5.32 Å². The van der Waals surface area contributed by atoms with Crippen molar-refractivity contribution in [2.45, 2.75) is 25.7 Å². The third kappa shape index (κ3) is 2.94. The minimum absolute atomic E-state index is 0.407. The molecule has 1 aromatic heterocycles. The summed E-state index contributed by atoms with van der Waals surface area (Å²) in [7, 11) is 0. The summed E-state index contributed by atoms with van der Waals surface area (Å²) in [6, 6.07) is 7.13. The number of benzene rings is 1. The Hall–Kier alpha value is -1.83. The second-order valence-corrected chi connectivity index (χ2v) is 5.82. The number of anilines is 2. The summed E-state index contributed by atoms with van der Waals surface area (Å²) < 4.78 is 0. The molecule has 0 bridgehead atoms. The normalized spacial score (nSPS) is 13.8. The average Bonchev–Trinajstić information content (AvgIpc) is 3.30. The molecule has 1 saturated carbocycles. The van der Waals surface area contributed by atoms with Gasteiger partial charge in [-0.1, -0.05) is 23.2 Å². The zero-order valence-electron chi connectivity index (χ0n) is 11.3. The first-order chi connectivity index (χ1) is 10.1. The van der Waals surface area contributed by atoms with Gasteiger partial charge in [-0.3, -0.25) is 0 Å². The van der Waals surface area contributed by atoms with Crippen LogP contribution in [0.3, 0.4) is 0 Å². The topological polar surface area (TPSA) is 61.6 Å². The molecule has 1 heterocycles. The Morgan fingerprint density at radius 3 is 2.71 bits per heavy atom. The van der Waals surface area contributed by atoms with Crippen LogP contribution in [0.5, 0.6) is 0 Å². The molecule has 1 N–H and O–H groups in total. The first-order valence-corrected chi connectivity index (χ1v) is 7.35. The van der Waals surface area contributed by atoms with E-state index < -0.39 is 0 Å². The Kier molecular flexibility index (Phi) is 3.71. The summed E-state index contributed by atoms with van der Waals surface area (Å²) in [5, 5.41) is 13.1. The highest BCUT2D eigenvalue weighted by molar-refractivity contribution is 6.33. The molecule has 1 aliphatic rings. The van der Waals surface area contributed by atoms with Crippen molar-refractivity contribution in [1.82, 2.24) is 9.97 Å². The van der Waals surface area contributed by atoms with Gasteiger partial charge in [-0.05, 0) is 38.0 Å². The Morgan fingerprint density at radius 1 is 1.29 bits per heavy atom. The number of rotatable bonds is 3. The van der Waals surface area contributed by atoms with Crippen molar-refractivity contribution >= 4 is 34.7 Å². The van der Waals surface area contributed by atoms with E-state index in [9.17, 15) is 0 Å². The number of aromatic nitrogens is 2. The van der Waals surface area contributed by atoms with Gasteiger partial charge in [-0.2, -0.15) is 5.26 Å². The standard InChI is InChI=1S/C15H12Cl2N4/c1-8-13(17)20-15(10-3-4-10)21-14(8)19-12-6-9(7-18)2-5-11(12)16/h2,5-6,10H,3-4H2,1H3,(H,19,20,21). The predicted octanol–water partition coefficient (Wildman–Crippen LogP) is 4.58. The summed E-state index contributed by atoms with van der Waals surface area (Å²) in [6.45, 7) is 1.85. The van der Waals surface area contributed by atoms with Crippen molar-refractivity contribution < 1.29 is 0 Å². The van der Waals surface area contributed by atoms with Crippen molar-refractivity contribution in [3.63, 3.8) is 0 Å². The van der Waals surface area contributed by atoms with E-state index in [0.29, 0.717) is 33.2 Å². The third-order valence-corrected chi connectivity index (χ3v) is 4.09. The van der Waals surface area contributed by atoms with Gasteiger partial charge in [0.25, 0.3) is 0 Å². The fourth-order valence-corrected chi connectivity index (χ4v) is 2.31. The molecule has 3 rings (SSSR count). The van der Waals surface area contributed by atoms with Crippen molar-refractivity contribution in [3.8, 4) is 6.07 Å². The molecule has 1 aliphatic carbocycles. The van der Waals surface area contributed by atoms with E-state index in [1.807, 2.05) is 6.92 Å². The monoisotopic (exact) mass is 318 g/mol. The highest BCUT2D eigenvalue weighted by Crippen LogP contribution is 2.40. The van der Waals surface area contributed by atoms with Gasteiger partial charge < -0.3 is 5.32 Å². The Balaban J connectivity index is 1.99. The molecule has 21 heavy (non-hydrogen) atoms. The van der Waals surface area contributed by atoms with Crippen LogP contribution in [-0.4, -0.2) is 9.97 Å². The zero-order valence-corrected chi connectivity index (χ0v) is 12.8. The fraction of sp³-hybridized carbons (Fsp3) is 0.267. The number of nitriles is 1. The first kappa shape index (κ1) is 14.1. The summed E-state index contributed by atoms with van der Waals surface area (Å²) in [5.74, 6) is 1.80. The number of nitrogens with one attached hydrogen (secondary N) is 1. The lowest BCUT2D eigenvalue weighted by molar-refractivity contribution is 0.922. The van der Waals surface area contributed by atoms with Crippen LogP contribution in [0.4, 0.5) is 11.5 Å². The van der Waals surface area contributed by atoms with Gasteiger partial charge in [0.1, 0.15) is 16.8 Å². The Bertz CT molecular complexity index is 748. The maximum absolute atomic E-state index is 8.98. The highest BCUT2D eigenvalue weighted by atomic mass is 35.5. The van der Waals surface area contributed by atoms with Gasteiger partial charge in [0.2, 0.25) is 0 Å². The van der Waals surface area contributed by atoms with E-state index in [4.69, 9.17) is 28.5 Å². The maximum atomic E-state index is 8.98. The second-order valence-electron chi connectivity index (χ2n) is 5.05. The summed E-state index contributed by atoms with van der Waals surface area (Å²) in [5.41, 5.74) is 1.93. The largest absolute Gasteiger partial charge is 0.339 e. The van der Waals surface area contributed by atoms with Crippen LogP contribution in [0.1, 0.15) is 35.7 Å². The molecule has 6 heteroatoms. The van der Waals surface area contributed by atoms with E-state index in [2.05, 4.69) is 21.4 Å². The van der Waals surface area contributed by atoms with Crippen molar-refractivity contribution in [3.05, 3.63) is 45.3 Å². The van der Waals surface area contributed by atoms with Gasteiger partial charge in [-0.25, -0.2) is 9.97 Å². The van der Waals surface area contributed by atoms with E-state index in [-0.39, 0.29) is 0 Å². The summed E-state index contributed by atoms with van der Waals surface area (Å²) in [6.07, 6.45) is 2.20. The van der Waals surface area contributed by atoms with Crippen LogP contribution in [0.25, 0.3) is 0 Å². The molecule has 1 aromatic carbocycles. The molecule has 0 spiro atoms. The van der Waals surface area contributed by atoms with Crippen molar-refractivity contribution in [1.29, 1.82) is 5.26 Å². The highest BCUT2D eigenvalue weighted by Gasteiger charge is 2.28. The molecule has 0 unspecified atom stereocenters. The smallest absolute Gasteiger partial charge is 0.138 e. The molecular formula is C15H12Cl2N4. The van der Waals surface area contributed by atoms with Gasteiger partial charge in [0.15, 0.2) is 0 Å². The molecule has 0 saturated heterocycles. The van der Waals surface area contributed by atoms with Crippen molar-refractivity contribution in [2.24, 2.45) is 0 Å². The molecule has 2 aromatic rings. The van der Waals surface area contributed by atoms with Crippen LogP contribution in [0.2, 0.25) is 10.2 Å². The van der Waals surface area contributed by atoms with Gasteiger partial charge in [0, 0.05) is 11.5 Å². The van der Waals surface area contributed by atoms with Gasteiger partial charge >= 0.3 is 0 Å². The van der Waals surface area contributed by atoms with Crippen LogP contribution < -0.4 is 5.32 Å². The summed E-state index contributed by atoms with van der Waals surface area (Å²) in [4.78, 5) is 8.86. The van der Waals surface area contributed by atoms with Gasteiger partial charge in [-0.15, -0.1) is 0 Å².